The zero-order valence-corrected chi connectivity index (χ0v) is 21.5. The number of carbonyl (C=O) groups excluding carboxylic acids is 1. The minimum atomic E-state index is -4.13. The van der Waals surface area contributed by atoms with E-state index in [1.54, 1.807) is 4.90 Å². The molecule has 3 aromatic rings. The highest BCUT2D eigenvalue weighted by Gasteiger charge is 2.37. The van der Waals surface area contributed by atoms with Crippen molar-refractivity contribution < 1.29 is 26.7 Å². The summed E-state index contributed by atoms with van der Waals surface area (Å²) in [6.45, 7) is 3.22. The zero-order valence-electron chi connectivity index (χ0n) is 19.8. The van der Waals surface area contributed by atoms with E-state index in [-0.39, 0.29) is 25.1 Å². The molecule has 1 aromatic heterocycles. The van der Waals surface area contributed by atoms with Gasteiger partial charge >= 0.3 is 0 Å². The second-order valence-electron chi connectivity index (χ2n) is 9.30. The number of thiazole rings is 1. The van der Waals surface area contributed by atoms with Crippen molar-refractivity contribution in [3.63, 3.8) is 0 Å². The van der Waals surface area contributed by atoms with Gasteiger partial charge in [0, 0.05) is 31.7 Å². The van der Waals surface area contributed by atoms with E-state index >= 15 is 0 Å². The SMILES string of the molecule is Cc1ccc2nc(N(CC3CCCO3)C(=O)C3CCN(S(=O)(=O)c4ccc(F)cc4F)CC3)sc2c1. The normalized spacial score (nSPS) is 19.7. The molecule has 1 amide bonds. The molecular weight excluding hydrogens is 508 g/mol. The number of ether oxygens (including phenoxy) is 1. The molecule has 5 rings (SSSR count). The number of aryl methyl sites for hydroxylation is 1. The maximum absolute atomic E-state index is 14.2. The molecule has 192 valence electrons. The monoisotopic (exact) mass is 535 g/mol. The maximum atomic E-state index is 14.2. The Hall–Kier alpha value is -2.47. The summed E-state index contributed by atoms with van der Waals surface area (Å²) in [6, 6.07) is 8.40. The molecule has 7 nitrogen and oxygen atoms in total. The Labute approximate surface area is 212 Å². The number of carbonyl (C=O) groups is 1. The number of sulfonamides is 1. The number of anilines is 1. The number of nitrogens with zero attached hydrogens (tertiary/aromatic N) is 3. The predicted octanol–water partition coefficient (Wildman–Crippen LogP) is 4.50. The van der Waals surface area contributed by atoms with Gasteiger partial charge in [0.25, 0.3) is 0 Å². The second-order valence-corrected chi connectivity index (χ2v) is 12.2. The average molecular weight is 536 g/mol. The third kappa shape index (κ3) is 5.02. The van der Waals surface area contributed by atoms with Crippen LogP contribution in [0.4, 0.5) is 13.9 Å². The molecule has 0 spiro atoms. The van der Waals surface area contributed by atoms with Crippen LogP contribution in [0.3, 0.4) is 0 Å². The molecule has 3 heterocycles. The first-order chi connectivity index (χ1) is 17.2. The number of aromatic nitrogens is 1. The third-order valence-corrected chi connectivity index (χ3v) is 9.73. The van der Waals surface area contributed by atoms with Crippen molar-refractivity contribution in [2.24, 2.45) is 5.92 Å². The zero-order chi connectivity index (χ0) is 25.4. The van der Waals surface area contributed by atoms with Gasteiger partial charge < -0.3 is 4.74 Å². The van der Waals surface area contributed by atoms with E-state index in [1.807, 2.05) is 25.1 Å². The first kappa shape index (κ1) is 25.2. The van der Waals surface area contributed by atoms with Crippen LogP contribution in [-0.2, 0) is 19.6 Å². The third-order valence-electron chi connectivity index (χ3n) is 6.75. The minimum Gasteiger partial charge on any atom is -0.376 e. The topological polar surface area (TPSA) is 79.8 Å². The molecular formula is C25H27F2N3O4S2. The summed E-state index contributed by atoms with van der Waals surface area (Å²) in [6.07, 6.45) is 2.35. The molecule has 11 heteroatoms. The number of piperidine rings is 1. The number of hydrogen-bond donors (Lipinski definition) is 0. The summed E-state index contributed by atoms with van der Waals surface area (Å²) in [5.74, 6) is -2.47. The molecule has 0 bridgehead atoms. The van der Waals surface area contributed by atoms with Crippen molar-refractivity contribution in [3.8, 4) is 0 Å². The van der Waals surface area contributed by atoms with Crippen molar-refractivity contribution in [2.75, 3.05) is 31.1 Å². The predicted molar refractivity (Wildman–Crippen MR) is 134 cm³/mol. The van der Waals surface area contributed by atoms with E-state index in [2.05, 4.69) is 0 Å². The van der Waals surface area contributed by atoms with Crippen molar-refractivity contribution in [1.82, 2.24) is 9.29 Å². The fourth-order valence-electron chi connectivity index (χ4n) is 4.78. The van der Waals surface area contributed by atoms with E-state index in [0.29, 0.717) is 37.2 Å². The van der Waals surface area contributed by atoms with Gasteiger partial charge in [0.15, 0.2) is 5.13 Å². The number of fused-ring (bicyclic) bond motifs is 1. The van der Waals surface area contributed by atoms with Crippen LogP contribution in [0.2, 0.25) is 0 Å². The fraction of sp³-hybridized carbons (Fsp3) is 0.440. The number of benzene rings is 2. The van der Waals surface area contributed by atoms with Crippen molar-refractivity contribution >= 4 is 42.6 Å². The van der Waals surface area contributed by atoms with Crippen LogP contribution in [0, 0.1) is 24.5 Å². The van der Waals surface area contributed by atoms with Gasteiger partial charge in [0.1, 0.15) is 16.5 Å². The molecule has 0 aliphatic carbocycles. The van der Waals surface area contributed by atoms with Gasteiger partial charge in [0.2, 0.25) is 15.9 Å². The minimum absolute atomic E-state index is 0.0652. The van der Waals surface area contributed by atoms with Gasteiger partial charge in [-0.3, -0.25) is 9.69 Å². The molecule has 2 aliphatic heterocycles. The van der Waals surface area contributed by atoms with Gasteiger partial charge in [-0.25, -0.2) is 22.2 Å². The Morgan fingerprint density at radius 1 is 1.17 bits per heavy atom. The first-order valence-electron chi connectivity index (χ1n) is 12.0. The summed E-state index contributed by atoms with van der Waals surface area (Å²) >= 11 is 1.46. The molecule has 2 fully saturated rings. The van der Waals surface area contributed by atoms with Crippen molar-refractivity contribution in [1.29, 1.82) is 0 Å². The second kappa shape index (κ2) is 10.1. The molecule has 0 radical (unpaired) electrons. The largest absolute Gasteiger partial charge is 0.376 e. The summed E-state index contributed by atoms with van der Waals surface area (Å²) in [7, 11) is -4.13. The molecule has 1 atom stereocenters. The van der Waals surface area contributed by atoms with Gasteiger partial charge in [-0.2, -0.15) is 4.31 Å². The fourth-order valence-corrected chi connectivity index (χ4v) is 7.37. The van der Waals surface area contributed by atoms with E-state index in [1.165, 1.54) is 11.3 Å². The molecule has 2 saturated heterocycles. The lowest BCUT2D eigenvalue weighted by Crippen LogP contribution is -2.46. The highest BCUT2D eigenvalue weighted by molar-refractivity contribution is 7.89. The molecule has 0 N–H and O–H groups in total. The number of amides is 1. The highest BCUT2D eigenvalue weighted by atomic mass is 32.2. The Balaban J connectivity index is 1.34. The van der Waals surface area contributed by atoms with Crippen molar-refractivity contribution in [2.45, 2.75) is 43.6 Å². The van der Waals surface area contributed by atoms with E-state index in [4.69, 9.17) is 9.72 Å². The Kier molecular flexibility index (Phi) is 7.08. The van der Waals surface area contributed by atoms with Gasteiger partial charge in [-0.1, -0.05) is 17.4 Å². The van der Waals surface area contributed by atoms with Crippen LogP contribution in [0.25, 0.3) is 10.2 Å². The lowest BCUT2D eigenvalue weighted by Gasteiger charge is -2.33. The van der Waals surface area contributed by atoms with E-state index in [0.717, 1.165) is 45.1 Å². The van der Waals surface area contributed by atoms with E-state index < -0.39 is 32.5 Å². The first-order valence-corrected chi connectivity index (χ1v) is 14.2. The Morgan fingerprint density at radius 3 is 2.64 bits per heavy atom. The lowest BCUT2D eigenvalue weighted by atomic mass is 9.96. The molecule has 0 saturated carbocycles. The van der Waals surface area contributed by atoms with Crippen molar-refractivity contribution in [3.05, 3.63) is 53.6 Å². The Bertz CT molecular complexity index is 1380. The van der Waals surface area contributed by atoms with Gasteiger partial charge in [-0.15, -0.1) is 0 Å². The summed E-state index contributed by atoms with van der Waals surface area (Å²) in [5.41, 5.74) is 1.94. The lowest BCUT2D eigenvalue weighted by molar-refractivity contribution is -0.123. The molecule has 2 aromatic carbocycles. The number of halogens is 2. The van der Waals surface area contributed by atoms with Crippen LogP contribution in [-0.4, -0.2) is 56.0 Å². The Morgan fingerprint density at radius 2 is 1.94 bits per heavy atom. The highest BCUT2D eigenvalue weighted by Crippen LogP contribution is 2.33. The molecule has 36 heavy (non-hydrogen) atoms. The summed E-state index contributed by atoms with van der Waals surface area (Å²) < 4.78 is 61.3. The van der Waals surface area contributed by atoms with Crippen LogP contribution < -0.4 is 4.90 Å². The van der Waals surface area contributed by atoms with Gasteiger partial charge in [-0.05, 0) is 62.4 Å². The summed E-state index contributed by atoms with van der Waals surface area (Å²) in [4.78, 5) is 19.6. The van der Waals surface area contributed by atoms with Crippen LogP contribution in [0.15, 0.2) is 41.3 Å². The number of hydrogen-bond acceptors (Lipinski definition) is 6. The molecule has 1 unspecified atom stereocenters. The maximum Gasteiger partial charge on any atom is 0.245 e. The quantitative estimate of drug-likeness (QED) is 0.465. The van der Waals surface area contributed by atoms with Crippen LogP contribution in [0.5, 0.6) is 0 Å². The van der Waals surface area contributed by atoms with Crippen LogP contribution in [0.1, 0.15) is 31.2 Å². The summed E-state index contributed by atoms with van der Waals surface area (Å²) in [5, 5.41) is 0.611. The number of rotatable bonds is 6. The molecule has 2 aliphatic rings. The van der Waals surface area contributed by atoms with Gasteiger partial charge in [0.05, 0.1) is 22.9 Å². The average Bonchev–Trinajstić information content (AvgIpc) is 3.51. The smallest absolute Gasteiger partial charge is 0.245 e. The standard InChI is InChI=1S/C25H27F2N3O4S2/c1-16-4-6-21-22(13-16)35-25(28-21)30(15-19-3-2-12-34-19)24(31)17-8-10-29(11-9-17)36(32,33)23-7-5-18(26)14-20(23)27/h4-7,13-14,17,19H,2-3,8-12,15H2,1H3. The van der Waals surface area contributed by atoms with Crippen LogP contribution >= 0.6 is 11.3 Å². The van der Waals surface area contributed by atoms with E-state index in [9.17, 15) is 22.0 Å².